The highest BCUT2D eigenvalue weighted by Crippen LogP contribution is 2.24. The van der Waals surface area contributed by atoms with Crippen molar-refractivity contribution in [2.24, 2.45) is 0 Å². The van der Waals surface area contributed by atoms with Gasteiger partial charge in [-0.3, -0.25) is 9.69 Å². The molecule has 0 spiro atoms. The molecule has 0 aromatic rings. The second-order valence-corrected chi connectivity index (χ2v) is 13.2. The predicted molar refractivity (Wildman–Crippen MR) is 110 cm³/mol. The molecular weight excluding hydrogens is 328 g/mol. The molecule has 5 heteroatoms. The summed E-state index contributed by atoms with van der Waals surface area (Å²) in [6, 6.07) is 1.38. The van der Waals surface area contributed by atoms with Gasteiger partial charge in [-0.05, 0) is 6.92 Å². The summed E-state index contributed by atoms with van der Waals surface area (Å²) in [4.78, 5) is 14.1. The Morgan fingerprint density at radius 1 is 1.08 bits per heavy atom. The van der Waals surface area contributed by atoms with Gasteiger partial charge >= 0.3 is 5.97 Å². The monoisotopic (exact) mass is 370 g/mol. The number of nitrogens with zero attached hydrogens (tertiary/aromatic N) is 1. The molecule has 0 bridgehead atoms. The molecule has 1 aliphatic heterocycles. The van der Waals surface area contributed by atoms with Crippen LogP contribution in [0.15, 0.2) is 0 Å². The highest BCUT2D eigenvalue weighted by molar-refractivity contribution is 6.78. The van der Waals surface area contributed by atoms with Crippen LogP contribution < -0.4 is 5.32 Å². The zero-order valence-electron chi connectivity index (χ0n) is 17.2. The van der Waals surface area contributed by atoms with E-state index in [9.17, 15) is 4.79 Å². The maximum Gasteiger partial charge on any atom is 0.307 e. The zero-order valence-corrected chi connectivity index (χ0v) is 18.2. The lowest BCUT2D eigenvalue weighted by Crippen LogP contribution is -2.55. The largest absolute Gasteiger partial charge is 0.466 e. The third kappa shape index (κ3) is 9.20. The van der Waals surface area contributed by atoms with Crippen molar-refractivity contribution in [1.82, 2.24) is 10.2 Å². The molecule has 1 heterocycles. The lowest BCUT2D eigenvalue weighted by atomic mass is 10.1. The van der Waals surface area contributed by atoms with Crippen LogP contribution in [0.2, 0.25) is 19.1 Å². The van der Waals surface area contributed by atoms with Crippen LogP contribution in [0.1, 0.15) is 71.6 Å². The molecule has 25 heavy (non-hydrogen) atoms. The van der Waals surface area contributed by atoms with Crippen molar-refractivity contribution in [2.45, 2.75) is 96.6 Å². The van der Waals surface area contributed by atoms with E-state index in [-0.39, 0.29) is 5.97 Å². The summed E-state index contributed by atoms with van der Waals surface area (Å²) in [7, 11) is -1.34. The van der Waals surface area contributed by atoms with Crippen molar-refractivity contribution in [1.29, 1.82) is 0 Å². The lowest BCUT2D eigenvalue weighted by Gasteiger charge is -2.36. The van der Waals surface area contributed by atoms with E-state index in [1.807, 2.05) is 6.92 Å². The number of carbonyl (C=O) groups excluding carboxylic acids is 1. The van der Waals surface area contributed by atoms with Crippen molar-refractivity contribution >= 4 is 14.0 Å². The maximum absolute atomic E-state index is 11.6. The van der Waals surface area contributed by atoms with Crippen LogP contribution in [0.3, 0.4) is 0 Å². The second kappa shape index (κ2) is 12.9. The summed E-state index contributed by atoms with van der Waals surface area (Å²) >= 11 is 0. The Bertz CT molecular complexity index is 364. The van der Waals surface area contributed by atoms with Crippen molar-refractivity contribution < 1.29 is 9.53 Å². The number of ether oxygens (including phenoxy) is 1. The Kier molecular flexibility index (Phi) is 11.7. The van der Waals surface area contributed by atoms with E-state index in [1.54, 1.807) is 0 Å². The third-order valence-electron chi connectivity index (χ3n) is 5.43. The van der Waals surface area contributed by atoms with Crippen molar-refractivity contribution in [3.05, 3.63) is 0 Å². The molecule has 0 saturated carbocycles. The summed E-state index contributed by atoms with van der Waals surface area (Å²) in [6.45, 7) is 12.6. The van der Waals surface area contributed by atoms with Crippen molar-refractivity contribution in [2.75, 3.05) is 26.2 Å². The first kappa shape index (κ1) is 22.6. The SMILES string of the molecule is CCCCCCCCCC[Si](C)(C)C1NCCN1CCC(=O)OCC. The minimum absolute atomic E-state index is 0.0595. The first-order valence-electron chi connectivity index (χ1n) is 10.6. The van der Waals surface area contributed by atoms with Crippen molar-refractivity contribution in [3.8, 4) is 0 Å². The van der Waals surface area contributed by atoms with Crippen LogP contribution in [0.25, 0.3) is 0 Å². The van der Waals surface area contributed by atoms with E-state index in [4.69, 9.17) is 4.74 Å². The van der Waals surface area contributed by atoms with Gasteiger partial charge in [-0.2, -0.15) is 0 Å². The minimum atomic E-state index is -1.34. The highest BCUT2D eigenvalue weighted by atomic mass is 28.3. The Balaban J connectivity index is 2.24. The molecule has 148 valence electrons. The first-order chi connectivity index (χ1) is 12.0. The van der Waals surface area contributed by atoms with Gasteiger partial charge < -0.3 is 10.1 Å². The van der Waals surface area contributed by atoms with E-state index in [0.717, 1.165) is 19.6 Å². The summed E-state index contributed by atoms with van der Waals surface area (Å²) in [5.74, 6) is 0.460. The second-order valence-electron chi connectivity index (χ2n) is 8.16. The van der Waals surface area contributed by atoms with Gasteiger partial charge in [0.2, 0.25) is 0 Å². The number of unbranched alkanes of at least 4 members (excludes halogenated alkanes) is 7. The summed E-state index contributed by atoms with van der Waals surface area (Å²) in [5, 5.41) is 3.71. The van der Waals surface area contributed by atoms with Gasteiger partial charge in [0, 0.05) is 25.4 Å². The molecule has 1 aliphatic rings. The van der Waals surface area contributed by atoms with Crippen molar-refractivity contribution in [3.63, 3.8) is 0 Å². The smallest absolute Gasteiger partial charge is 0.307 e. The van der Waals surface area contributed by atoms with Gasteiger partial charge in [0.25, 0.3) is 0 Å². The molecule has 0 aliphatic carbocycles. The van der Waals surface area contributed by atoms with E-state index in [0.29, 0.717) is 18.8 Å². The Morgan fingerprint density at radius 3 is 2.36 bits per heavy atom. The Hall–Kier alpha value is -0.393. The number of rotatable bonds is 14. The average Bonchev–Trinajstić information content (AvgIpc) is 3.05. The quantitative estimate of drug-likeness (QED) is 0.276. The molecule has 0 aromatic heterocycles. The molecule has 1 rings (SSSR count). The normalized spacial score (nSPS) is 18.6. The molecule has 1 atom stereocenters. The van der Waals surface area contributed by atoms with Gasteiger partial charge in [0.15, 0.2) is 0 Å². The van der Waals surface area contributed by atoms with Crippen LogP contribution in [0, 0.1) is 0 Å². The van der Waals surface area contributed by atoms with E-state index >= 15 is 0 Å². The van der Waals surface area contributed by atoms with E-state index in [2.05, 4.69) is 30.2 Å². The number of nitrogens with one attached hydrogen (secondary N) is 1. The molecule has 0 radical (unpaired) electrons. The fourth-order valence-corrected chi connectivity index (χ4v) is 7.31. The van der Waals surface area contributed by atoms with E-state index < -0.39 is 8.07 Å². The summed E-state index contributed by atoms with van der Waals surface area (Å²) in [5.41, 5.74) is 0. The molecule has 1 unspecified atom stereocenters. The lowest BCUT2D eigenvalue weighted by molar-refractivity contribution is -0.143. The number of carbonyl (C=O) groups is 1. The zero-order chi connectivity index (χ0) is 18.5. The molecule has 4 nitrogen and oxygen atoms in total. The van der Waals surface area contributed by atoms with Crippen LogP contribution >= 0.6 is 0 Å². The number of hydrogen-bond acceptors (Lipinski definition) is 4. The third-order valence-corrected chi connectivity index (χ3v) is 9.12. The fraction of sp³-hybridized carbons (Fsp3) is 0.950. The van der Waals surface area contributed by atoms with Crippen LogP contribution in [0.5, 0.6) is 0 Å². The summed E-state index contributed by atoms with van der Waals surface area (Å²) < 4.78 is 5.07. The van der Waals surface area contributed by atoms with Gasteiger partial charge in [-0.15, -0.1) is 0 Å². The van der Waals surface area contributed by atoms with Gasteiger partial charge in [0.05, 0.1) is 21.1 Å². The molecule has 0 aromatic carbocycles. The fourth-order valence-electron chi connectivity index (χ4n) is 3.93. The van der Waals surface area contributed by atoms with Crippen LogP contribution in [-0.4, -0.2) is 51.0 Å². The van der Waals surface area contributed by atoms with E-state index in [1.165, 1.54) is 57.4 Å². The molecule has 1 fully saturated rings. The molecule has 0 amide bonds. The molecule has 1 N–H and O–H groups in total. The minimum Gasteiger partial charge on any atom is -0.466 e. The topological polar surface area (TPSA) is 41.6 Å². The number of esters is 1. The standard InChI is InChI=1S/C20H42N2O2Si/c1-5-7-8-9-10-11-12-13-18-25(3,4)20-21-15-17-22(20)16-14-19(23)24-6-2/h20-21H,5-18H2,1-4H3. The first-order valence-corrected chi connectivity index (χ1v) is 13.9. The van der Waals surface area contributed by atoms with Crippen LogP contribution in [0.4, 0.5) is 0 Å². The summed E-state index contributed by atoms with van der Waals surface area (Å²) in [6.07, 6.45) is 11.7. The Labute approximate surface area is 157 Å². The maximum atomic E-state index is 11.6. The Morgan fingerprint density at radius 2 is 1.72 bits per heavy atom. The highest BCUT2D eigenvalue weighted by Gasteiger charge is 2.38. The average molecular weight is 371 g/mol. The number of hydrogen-bond donors (Lipinski definition) is 1. The van der Waals surface area contributed by atoms with Crippen LogP contribution in [-0.2, 0) is 9.53 Å². The van der Waals surface area contributed by atoms with Gasteiger partial charge in [0.1, 0.15) is 0 Å². The van der Waals surface area contributed by atoms with Gasteiger partial charge in [-0.1, -0.05) is 77.4 Å². The molecule has 1 saturated heterocycles. The molecular formula is C20H42N2O2Si. The van der Waals surface area contributed by atoms with Gasteiger partial charge in [-0.25, -0.2) is 0 Å². The predicted octanol–water partition coefficient (Wildman–Crippen LogP) is 4.56.